The molecule has 0 radical (unpaired) electrons. The fourth-order valence-corrected chi connectivity index (χ4v) is 5.92. The highest BCUT2D eigenvalue weighted by Gasteiger charge is 2.58. The van der Waals surface area contributed by atoms with Crippen molar-refractivity contribution in [3.05, 3.63) is 35.9 Å². The predicted octanol–water partition coefficient (Wildman–Crippen LogP) is 1.93. The van der Waals surface area contributed by atoms with Gasteiger partial charge in [0.2, 0.25) is 29.4 Å². The molecule has 14 heteroatoms. The number of carbonyl (C=O) groups is 7. The lowest BCUT2D eigenvalue weighted by Gasteiger charge is -2.36. The van der Waals surface area contributed by atoms with E-state index in [1.54, 1.807) is 58.3 Å². The minimum Gasteiger partial charge on any atom is -0.446 e. The third kappa shape index (κ3) is 10.3. The van der Waals surface area contributed by atoms with E-state index < -0.39 is 71.6 Å². The van der Waals surface area contributed by atoms with Crippen molar-refractivity contribution in [3.63, 3.8) is 0 Å². The first-order valence-electron chi connectivity index (χ1n) is 17.3. The number of piperidine rings is 1. The van der Waals surface area contributed by atoms with Gasteiger partial charge in [-0.15, -0.1) is 0 Å². The van der Waals surface area contributed by atoms with Gasteiger partial charge in [-0.05, 0) is 48.5 Å². The maximum atomic E-state index is 14.0. The zero-order chi connectivity index (χ0) is 37.5. The van der Waals surface area contributed by atoms with E-state index in [-0.39, 0.29) is 36.2 Å². The summed E-state index contributed by atoms with van der Waals surface area (Å²) in [6, 6.07) is 4.57. The van der Waals surface area contributed by atoms with Crippen molar-refractivity contribution in [1.29, 1.82) is 0 Å². The summed E-state index contributed by atoms with van der Waals surface area (Å²) in [7, 11) is 3.12. The number of amides is 6. The predicted molar refractivity (Wildman–Crippen MR) is 185 cm³/mol. The number of alkyl carbamates (subject to hydrolysis) is 1. The van der Waals surface area contributed by atoms with Gasteiger partial charge in [-0.1, -0.05) is 78.3 Å². The summed E-state index contributed by atoms with van der Waals surface area (Å²) < 4.78 is 5.46. The first kappa shape index (κ1) is 39.9. The molecule has 3 rings (SSSR count). The van der Waals surface area contributed by atoms with Crippen LogP contribution in [0, 0.1) is 23.2 Å². The van der Waals surface area contributed by atoms with Crippen LogP contribution in [0.3, 0.4) is 0 Å². The summed E-state index contributed by atoms with van der Waals surface area (Å²) >= 11 is 0. The van der Waals surface area contributed by atoms with E-state index in [0.717, 1.165) is 6.42 Å². The first-order valence-corrected chi connectivity index (χ1v) is 17.3. The minimum absolute atomic E-state index is 0.0760. The number of hydrogen-bond donors (Lipinski definition) is 4. The molecule has 2 fully saturated rings. The molecule has 7 atom stereocenters. The van der Waals surface area contributed by atoms with Gasteiger partial charge >= 0.3 is 6.09 Å². The first-order chi connectivity index (χ1) is 23.4. The van der Waals surface area contributed by atoms with E-state index in [0.29, 0.717) is 18.5 Å². The lowest BCUT2D eigenvalue weighted by molar-refractivity contribution is -0.145. The summed E-state index contributed by atoms with van der Waals surface area (Å²) in [6.07, 6.45) is 0.256. The van der Waals surface area contributed by atoms with Crippen molar-refractivity contribution in [2.45, 2.75) is 98.0 Å². The molecule has 276 valence electrons. The number of hydrogen-bond acceptors (Lipinski definition) is 8. The summed E-state index contributed by atoms with van der Waals surface area (Å²) in [5, 5.41) is 10.3. The Bertz CT molecular complexity index is 1430. The third-order valence-electron chi connectivity index (χ3n) is 9.28. The highest BCUT2D eigenvalue weighted by atomic mass is 16.6. The molecule has 6 amide bonds. The van der Waals surface area contributed by atoms with Gasteiger partial charge in [-0.3, -0.25) is 28.8 Å². The monoisotopic (exact) mass is 698 g/mol. The van der Waals surface area contributed by atoms with E-state index >= 15 is 0 Å². The second-order valence-electron chi connectivity index (χ2n) is 14.9. The molecule has 0 unspecified atom stereocenters. The number of ether oxygens (including phenoxy) is 1. The molecule has 4 N–H and O–H groups in total. The summed E-state index contributed by atoms with van der Waals surface area (Å²) in [5.41, 5.74) is -0.160. The molecule has 0 bridgehead atoms. The number of Topliss-reactive ketones (excluding diaryl/α,β-unsaturated/α-hetero) is 1. The van der Waals surface area contributed by atoms with Crippen molar-refractivity contribution >= 4 is 41.4 Å². The number of nitrogens with zero attached hydrogens (tertiary/aromatic N) is 2. The molecular weight excluding hydrogens is 644 g/mol. The van der Waals surface area contributed by atoms with E-state index in [1.807, 2.05) is 34.6 Å². The molecule has 14 nitrogen and oxygen atoms in total. The highest BCUT2D eigenvalue weighted by molar-refractivity contribution is 6.38. The van der Waals surface area contributed by atoms with Crippen molar-refractivity contribution in [3.8, 4) is 0 Å². The number of ketones is 1. The van der Waals surface area contributed by atoms with E-state index in [9.17, 15) is 33.6 Å². The number of benzene rings is 1. The topological polar surface area (TPSA) is 183 Å². The summed E-state index contributed by atoms with van der Waals surface area (Å²) in [6.45, 7) is 12.6. The van der Waals surface area contributed by atoms with Gasteiger partial charge in [-0.2, -0.15) is 0 Å². The number of likely N-dealkylation sites (N-methyl/N-ethyl adjacent to an activating group) is 1. The van der Waals surface area contributed by atoms with Gasteiger partial charge in [0.25, 0.3) is 5.91 Å². The second-order valence-corrected chi connectivity index (χ2v) is 14.9. The van der Waals surface area contributed by atoms with Crippen LogP contribution in [0.1, 0.15) is 79.3 Å². The van der Waals surface area contributed by atoms with Crippen molar-refractivity contribution in [2.75, 3.05) is 27.2 Å². The minimum atomic E-state index is -1.19. The number of likely N-dealkylation sites (tertiary alicyclic amines) is 1. The van der Waals surface area contributed by atoms with Crippen LogP contribution in [0.2, 0.25) is 0 Å². The van der Waals surface area contributed by atoms with Gasteiger partial charge in [0.1, 0.15) is 24.2 Å². The van der Waals surface area contributed by atoms with Gasteiger partial charge in [0, 0.05) is 20.6 Å². The molecule has 1 aromatic rings. The fourth-order valence-electron chi connectivity index (χ4n) is 5.92. The Morgan fingerprint density at radius 2 is 1.60 bits per heavy atom. The largest absolute Gasteiger partial charge is 0.446 e. The number of rotatable bonds is 15. The van der Waals surface area contributed by atoms with Crippen LogP contribution in [-0.4, -0.2) is 103 Å². The Hall–Kier alpha value is -4.49. The van der Waals surface area contributed by atoms with Crippen LogP contribution >= 0.6 is 0 Å². The number of fused-ring (bicyclic) bond motifs is 1. The molecule has 1 aromatic carbocycles. The van der Waals surface area contributed by atoms with Crippen LogP contribution < -0.4 is 21.3 Å². The third-order valence-corrected chi connectivity index (χ3v) is 9.28. The zero-order valence-electron chi connectivity index (χ0n) is 30.7. The lowest BCUT2D eigenvalue weighted by Crippen LogP contribution is -2.60. The summed E-state index contributed by atoms with van der Waals surface area (Å²) in [4.78, 5) is 95.1. The molecule has 50 heavy (non-hydrogen) atoms. The lowest BCUT2D eigenvalue weighted by atomic mass is 9.85. The number of carbonyl (C=O) groups excluding carboxylic acids is 7. The maximum Gasteiger partial charge on any atom is 0.408 e. The molecule has 2 aliphatic rings. The standard InChI is InChI=1S/C36H54N6O8/c1-10-14-25(29(44)32(46)37-18-26(43)39-27(33(47)41(8)9)22-15-12-11-13-16-22)38-31(45)28-24-17-23(24)19-42(28)34(48)30(36(5,6)7)40-35(49)50-21(4)20(2)3/h11-13,15-16,20-21,23-25,27-28,30H,10,14,17-19H2,1-9H3,(H,37,46)(H,38,45)(H,39,43)(H,40,49)/t21-,23+,24+,25+,27+,28+,30-/m1/s1. The van der Waals surface area contributed by atoms with E-state index in [4.69, 9.17) is 4.74 Å². The fraction of sp³-hybridized carbons (Fsp3) is 0.639. The average molecular weight is 699 g/mol. The van der Waals surface area contributed by atoms with Crippen LogP contribution in [0.25, 0.3) is 0 Å². The Kier molecular flexibility index (Phi) is 13.5. The van der Waals surface area contributed by atoms with Crippen LogP contribution in [-0.2, 0) is 33.5 Å². The quantitative estimate of drug-likeness (QED) is 0.200. The van der Waals surface area contributed by atoms with E-state index in [2.05, 4.69) is 21.3 Å². The maximum absolute atomic E-state index is 14.0. The molecule has 1 aliphatic heterocycles. The summed E-state index contributed by atoms with van der Waals surface area (Å²) in [5.74, 6) is -3.96. The van der Waals surface area contributed by atoms with Gasteiger partial charge in [-0.25, -0.2) is 4.79 Å². The molecule has 1 saturated carbocycles. The second kappa shape index (κ2) is 16.9. The van der Waals surface area contributed by atoms with Crippen molar-refractivity contribution in [2.24, 2.45) is 23.2 Å². The molecule has 1 aliphatic carbocycles. The normalized spacial score (nSPS) is 20.4. The Labute approximate surface area is 294 Å². The smallest absolute Gasteiger partial charge is 0.408 e. The van der Waals surface area contributed by atoms with Crippen molar-refractivity contribution in [1.82, 2.24) is 31.1 Å². The van der Waals surface area contributed by atoms with Gasteiger partial charge in [0.05, 0.1) is 12.6 Å². The molecule has 1 saturated heterocycles. The van der Waals surface area contributed by atoms with Crippen LogP contribution in [0.15, 0.2) is 30.3 Å². The van der Waals surface area contributed by atoms with Crippen LogP contribution in [0.4, 0.5) is 4.79 Å². The Morgan fingerprint density at radius 3 is 2.16 bits per heavy atom. The van der Waals surface area contributed by atoms with Gasteiger partial charge < -0.3 is 35.8 Å². The molecular formula is C36H54N6O8. The zero-order valence-corrected chi connectivity index (χ0v) is 30.7. The molecule has 0 aromatic heterocycles. The van der Waals surface area contributed by atoms with E-state index in [1.165, 1.54) is 9.80 Å². The van der Waals surface area contributed by atoms with Crippen molar-refractivity contribution < 1.29 is 38.3 Å². The molecule has 0 spiro atoms. The Morgan fingerprint density at radius 1 is 0.960 bits per heavy atom. The average Bonchev–Trinajstić information content (AvgIpc) is 3.71. The number of nitrogens with one attached hydrogen (secondary N) is 4. The highest BCUT2D eigenvalue weighted by Crippen LogP contribution is 2.50. The van der Waals surface area contributed by atoms with Gasteiger partial charge in [0.15, 0.2) is 0 Å². The SMILES string of the molecule is CCC[C@H](NC(=O)[C@@H]1[C@H]2C[C@H]2CN1C(=O)[C@@H](NC(=O)O[C@H](C)C(C)C)C(C)(C)C)C(=O)C(=O)NCC(=O)N[C@H](C(=O)N(C)C)c1ccccc1. The van der Waals surface area contributed by atoms with Crippen LogP contribution in [0.5, 0.6) is 0 Å². The Balaban J connectivity index is 1.67. The molecule has 1 heterocycles.